The normalized spacial score (nSPS) is 11.5. The SMILES string of the molecule is Cc1c(C(=O)Nc2ccccc2)sc(NC(=O)C(Sc2cccc(NC(=O)/C(=C\c3c(Cl)cccc3Cl)NC(=O)c3ccccc3)c2)c2ccccc2)c1C#N. The molecule has 4 amide bonds. The minimum absolute atomic E-state index is 0.107. The van der Waals surface area contributed by atoms with Gasteiger partial charge in [0.15, 0.2) is 0 Å². The van der Waals surface area contributed by atoms with Gasteiger partial charge < -0.3 is 21.3 Å². The minimum atomic E-state index is -0.805. The molecule has 0 radical (unpaired) electrons. The highest BCUT2D eigenvalue weighted by molar-refractivity contribution is 8.00. The molecule has 5 aromatic carbocycles. The number of nitriles is 1. The summed E-state index contributed by atoms with van der Waals surface area (Å²) in [7, 11) is 0. The number of anilines is 3. The number of thioether (sulfide) groups is 1. The Balaban J connectivity index is 1.24. The van der Waals surface area contributed by atoms with Crippen molar-refractivity contribution < 1.29 is 19.2 Å². The van der Waals surface area contributed by atoms with E-state index in [9.17, 15) is 24.4 Å². The van der Waals surface area contributed by atoms with Crippen molar-refractivity contribution in [1.82, 2.24) is 5.32 Å². The second-order valence-corrected chi connectivity index (χ2v) is 15.1. The fourth-order valence-electron chi connectivity index (χ4n) is 5.46. The lowest BCUT2D eigenvalue weighted by molar-refractivity contribution is -0.116. The number of thiophene rings is 1. The van der Waals surface area contributed by atoms with Gasteiger partial charge in [0.2, 0.25) is 5.91 Å². The zero-order valence-electron chi connectivity index (χ0n) is 29.5. The molecule has 0 saturated heterocycles. The van der Waals surface area contributed by atoms with E-state index < -0.39 is 28.9 Å². The summed E-state index contributed by atoms with van der Waals surface area (Å²) in [5.41, 5.74) is 2.90. The van der Waals surface area contributed by atoms with Gasteiger partial charge >= 0.3 is 0 Å². The average molecular weight is 817 g/mol. The molecule has 0 aliphatic carbocycles. The van der Waals surface area contributed by atoms with Crippen molar-refractivity contribution in [2.45, 2.75) is 17.1 Å². The average Bonchev–Trinajstić information content (AvgIpc) is 3.53. The summed E-state index contributed by atoms with van der Waals surface area (Å²) < 4.78 is 0. The summed E-state index contributed by atoms with van der Waals surface area (Å²) in [6, 6.07) is 40.4. The Morgan fingerprint density at radius 3 is 2.00 bits per heavy atom. The molecule has 0 spiro atoms. The summed E-state index contributed by atoms with van der Waals surface area (Å²) >= 11 is 15.1. The Labute approximate surface area is 341 Å². The number of hydrogen-bond donors (Lipinski definition) is 4. The van der Waals surface area contributed by atoms with Gasteiger partial charge in [0.25, 0.3) is 17.7 Å². The van der Waals surface area contributed by atoms with Crippen LogP contribution in [0.5, 0.6) is 0 Å². The Morgan fingerprint density at radius 2 is 1.34 bits per heavy atom. The first-order valence-electron chi connectivity index (χ1n) is 17.0. The molecule has 56 heavy (non-hydrogen) atoms. The van der Waals surface area contributed by atoms with Crippen LogP contribution in [0.3, 0.4) is 0 Å². The third-order valence-electron chi connectivity index (χ3n) is 8.24. The summed E-state index contributed by atoms with van der Waals surface area (Å²) in [6.07, 6.45) is 1.41. The first kappa shape index (κ1) is 39.5. The predicted octanol–water partition coefficient (Wildman–Crippen LogP) is 10.4. The summed E-state index contributed by atoms with van der Waals surface area (Å²) in [4.78, 5) is 55.2. The Bertz CT molecular complexity index is 2470. The van der Waals surface area contributed by atoms with Gasteiger partial charge in [0.1, 0.15) is 22.0 Å². The van der Waals surface area contributed by atoms with E-state index in [2.05, 4.69) is 27.3 Å². The van der Waals surface area contributed by atoms with Crippen LogP contribution < -0.4 is 21.3 Å². The number of halogens is 2. The topological polar surface area (TPSA) is 140 Å². The largest absolute Gasteiger partial charge is 0.321 e. The van der Waals surface area contributed by atoms with Gasteiger partial charge in [-0.3, -0.25) is 19.2 Å². The molecular weight excluding hydrogens is 786 g/mol. The van der Waals surface area contributed by atoms with Crippen molar-refractivity contribution in [2.75, 3.05) is 16.0 Å². The highest BCUT2D eigenvalue weighted by Crippen LogP contribution is 2.39. The van der Waals surface area contributed by atoms with E-state index in [1.54, 1.807) is 104 Å². The molecule has 6 aromatic rings. The lowest BCUT2D eigenvalue weighted by Gasteiger charge is -2.17. The maximum Gasteiger partial charge on any atom is 0.272 e. The number of carbonyl (C=O) groups is 4. The first-order valence-corrected chi connectivity index (χ1v) is 19.4. The van der Waals surface area contributed by atoms with Crippen molar-refractivity contribution in [3.8, 4) is 6.07 Å². The van der Waals surface area contributed by atoms with Crippen LogP contribution in [0.2, 0.25) is 10.0 Å². The number of amides is 4. The van der Waals surface area contributed by atoms with Crippen LogP contribution >= 0.6 is 46.3 Å². The van der Waals surface area contributed by atoms with E-state index in [0.29, 0.717) is 43.4 Å². The Hall–Kier alpha value is -6.16. The predicted molar refractivity (Wildman–Crippen MR) is 225 cm³/mol. The van der Waals surface area contributed by atoms with E-state index in [1.165, 1.54) is 17.8 Å². The molecule has 1 unspecified atom stereocenters. The van der Waals surface area contributed by atoms with Crippen LogP contribution in [0.1, 0.15) is 47.5 Å². The monoisotopic (exact) mass is 815 g/mol. The Kier molecular flexibility index (Phi) is 13.0. The zero-order chi connectivity index (χ0) is 39.6. The van der Waals surface area contributed by atoms with Gasteiger partial charge in [-0.05, 0) is 78.7 Å². The molecule has 0 fully saturated rings. The molecular formula is C43H31Cl2N5O4S2. The van der Waals surface area contributed by atoms with Crippen molar-refractivity contribution >= 4 is 92.4 Å². The maximum absolute atomic E-state index is 14.1. The van der Waals surface area contributed by atoms with Gasteiger partial charge in [-0.15, -0.1) is 23.1 Å². The number of hydrogen-bond acceptors (Lipinski definition) is 7. The molecule has 1 atom stereocenters. The fourth-order valence-corrected chi connectivity index (χ4v) is 8.10. The second-order valence-electron chi connectivity index (χ2n) is 12.1. The number of para-hydroxylation sites is 1. The summed E-state index contributed by atoms with van der Waals surface area (Å²) in [5.74, 6) is -1.97. The second kappa shape index (κ2) is 18.4. The van der Waals surface area contributed by atoms with Crippen molar-refractivity contribution in [1.29, 1.82) is 5.26 Å². The van der Waals surface area contributed by atoms with E-state index in [1.807, 2.05) is 36.4 Å². The van der Waals surface area contributed by atoms with Gasteiger partial charge in [0, 0.05) is 37.4 Å². The molecule has 9 nitrogen and oxygen atoms in total. The molecule has 0 saturated carbocycles. The van der Waals surface area contributed by atoms with Crippen LogP contribution in [-0.4, -0.2) is 23.6 Å². The highest BCUT2D eigenvalue weighted by atomic mass is 35.5. The summed E-state index contributed by atoms with van der Waals surface area (Å²) in [6.45, 7) is 1.67. The molecule has 6 rings (SSSR count). The molecule has 1 heterocycles. The smallest absolute Gasteiger partial charge is 0.272 e. The van der Waals surface area contributed by atoms with Gasteiger partial charge in [-0.25, -0.2) is 0 Å². The number of benzene rings is 5. The van der Waals surface area contributed by atoms with Crippen LogP contribution in [0.25, 0.3) is 6.08 Å². The van der Waals surface area contributed by atoms with Crippen molar-refractivity contribution in [2.24, 2.45) is 0 Å². The molecule has 1 aromatic heterocycles. The lowest BCUT2D eigenvalue weighted by Crippen LogP contribution is -2.30. The molecule has 0 aliphatic rings. The molecule has 0 aliphatic heterocycles. The molecule has 13 heteroatoms. The number of carbonyl (C=O) groups excluding carboxylic acids is 4. The van der Waals surface area contributed by atoms with Gasteiger partial charge in [0.05, 0.1) is 10.4 Å². The van der Waals surface area contributed by atoms with Crippen LogP contribution in [0, 0.1) is 18.3 Å². The number of nitrogens with zero attached hydrogens (tertiary/aromatic N) is 1. The highest BCUT2D eigenvalue weighted by Gasteiger charge is 2.27. The van der Waals surface area contributed by atoms with Crippen molar-refractivity contribution in [3.05, 3.63) is 182 Å². The third-order valence-corrected chi connectivity index (χ3v) is 11.3. The molecule has 4 N–H and O–H groups in total. The number of nitrogens with one attached hydrogen (secondary N) is 4. The lowest BCUT2D eigenvalue weighted by atomic mass is 10.1. The fraction of sp³-hybridized carbons (Fsp3) is 0.0465. The van der Waals surface area contributed by atoms with E-state index in [4.69, 9.17) is 23.2 Å². The molecule has 0 bridgehead atoms. The first-order chi connectivity index (χ1) is 27.1. The van der Waals surface area contributed by atoms with E-state index in [0.717, 1.165) is 11.3 Å². The van der Waals surface area contributed by atoms with E-state index in [-0.39, 0.29) is 26.3 Å². The van der Waals surface area contributed by atoms with Crippen LogP contribution in [-0.2, 0) is 9.59 Å². The van der Waals surface area contributed by atoms with Crippen LogP contribution in [0.15, 0.2) is 144 Å². The van der Waals surface area contributed by atoms with Crippen LogP contribution in [0.4, 0.5) is 16.4 Å². The number of rotatable bonds is 12. The third kappa shape index (κ3) is 9.73. The zero-order valence-corrected chi connectivity index (χ0v) is 32.7. The summed E-state index contributed by atoms with van der Waals surface area (Å²) in [5, 5.41) is 21.3. The van der Waals surface area contributed by atoms with Crippen molar-refractivity contribution in [3.63, 3.8) is 0 Å². The maximum atomic E-state index is 14.1. The Morgan fingerprint density at radius 1 is 0.732 bits per heavy atom. The quantitative estimate of drug-likeness (QED) is 0.0716. The van der Waals surface area contributed by atoms with Gasteiger partial charge in [-0.2, -0.15) is 5.26 Å². The van der Waals surface area contributed by atoms with E-state index >= 15 is 0 Å². The standard InChI is InChI=1S/C43H31Cl2N5O4S2/c1-26-33(25-46)43(56-37(26)41(53)47-29-17-9-4-10-18-29)50-42(54)38(27-13-5-2-6-14-27)55-31-20-11-19-30(23-31)48-40(52)36(24-32-34(44)21-12-22-35(32)45)49-39(51)28-15-7-3-8-16-28/h2-24,38H,1H3,(H,47,53)(H,48,52)(H,49,51)(H,50,54)/b36-24+. The van der Waals surface area contributed by atoms with Gasteiger partial charge in [-0.1, -0.05) is 102 Å². The minimum Gasteiger partial charge on any atom is -0.321 e. The molecule has 278 valence electrons.